The number of nitrogens with zero attached hydrogens (tertiary/aromatic N) is 2. The summed E-state index contributed by atoms with van der Waals surface area (Å²) in [6.45, 7) is 4.87. The molecule has 2 aromatic rings. The molecule has 0 aliphatic heterocycles. The maximum absolute atomic E-state index is 12.5. The molecular formula is C17H22N4O2. The van der Waals surface area contributed by atoms with Crippen molar-refractivity contribution in [2.24, 2.45) is 5.92 Å². The molecule has 0 saturated heterocycles. The van der Waals surface area contributed by atoms with Crippen LogP contribution in [-0.2, 0) is 24.2 Å². The lowest BCUT2D eigenvalue weighted by Gasteiger charge is -2.20. The van der Waals surface area contributed by atoms with E-state index in [1.807, 2.05) is 26.0 Å². The molecule has 1 amide bonds. The number of aromatic amines is 1. The van der Waals surface area contributed by atoms with E-state index in [4.69, 9.17) is 4.74 Å². The Morgan fingerprint density at radius 2 is 2.39 bits per heavy atom. The van der Waals surface area contributed by atoms with Gasteiger partial charge in [-0.2, -0.15) is 0 Å². The lowest BCUT2D eigenvalue weighted by molar-refractivity contribution is -0.125. The molecule has 1 atom stereocenters. The molecule has 0 radical (unpaired) electrons. The van der Waals surface area contributed by atoms with Crippen molar-refractivity contribution in [3.63, 3.8) is 0 Å². The molecule has 0 spiro atoms. The van der Waals surface area contributed by atoms with Crippen molar-refractivity contribution in [3.05, 3.63) is 41.1 Å². The van der Waals surface area contributed by atoms with Gasteiger partial charge < -0.3 is 15.0 Å². The first-order valence-electron chi connectivity index (χ1n) is 8.06. The number of pyridine rings is 1. The van der Waals surface area contributed by atoms with Crippen molar-refractivity contribution in [1.82, 2.24) is 20.3 Å². The normalized spacial score (nSPS) is 16.7. The fourth-order valence-corrected chi connectivity index (χ4v) is 3.00. The minimum Gasteiger partial charge on any atom is -0.478 e. The van der Waals surface area contributed by atoms with Gasteiger partial charge in [-0.15, -0.1) is 0 Å². The number of aryl methyl sites for hydroxylation is 2. The van der Waals surface area contributed by atoms with Crippen LogP contribution in [0.3, 0.4) is 0 Å². The number of aromatic nitrogens is 3. The molecule has 6 nitrogen and oxygen atoms in total. The smallest absolute Gasteiger partial charge is 0.223 e. The zero-order chi connectivity index (χ0) is 16.2. The molecule has 0 fully saturated rings. The van der Waals surface area contributed by atoms with E-state index in [0.29, 0.717) is 19.0 Å². The number of H-pyrrole nitrogens is 1. The van der Waals surface area contributed by atoms with E-state index in [0.717, 1.165) is 42.0 Å². The van der Waals surface area contributed by atoms with Gasteiger partial charge in [0.15, 0.2) is 0 Å². The summed E-state index contributed by atoms with van der Waals surface area (Å²) in [7, 11) is 0. The number of imidazole rings is 1. The van der Waals surface area contributed by atoms with E-state index >= 15 is 0 Å². The Labute approximate surface area is 135 Å². The monoisotopic (exact) mass is 314 g/mol. The maximum Gasteiger partial charge on any atom is 0.223 e. The van der Waals surface area contributed by atoms with Crippen LogP contribution in [0.25, 0.3) is 0 Å². The van der Waals surface area contributed by atoms with Crippen molar-refractivity contribution >= 4 is 5.91 Å². The van der Waals surface area contributed by atoms with Gasteiger partial charge in [0, 0.05) is 36.3 Å². The first-order chi connectivity index (χ1) is 11.2. The van der Waals surface area contributed by atoms with Gasteiger partial charge >= 0.3 is 0 Å². The summed E-state index contributed by atoms with van der Waals surface area (Å²) in [5.74, 6) is 1.59. The van der Waals surface area contributed by atoms with Gasteiger partial charge in [-0.25, -0.2) is 9.97 Å². The highest BCUT2D eigenvalue weighted by Crippen LogP contribution is 2.24. The van der Waals surface area contributed by atoms with Gasteiger partial charge in [0.2, 0.25) is 11.8 Å². The van der Waals surface area contributed by atoms with Crippen LogP contribution in [0.2, 0.25) is 0 Å². The summed E-state index contributed by atoms with van der Waals surface area (Å²) in [5.41, 5.74) is 3.11. The van der Waals surface area contributed by atoms with Gasteiger partial charge in [-0.05, 0) is 32.8 Å². The second-order valence-electron chi connectivity index (χ2n) is 5.81. The van der Waals surface area contributed by atoms with E-state index in [1.54, 1.807) is 6.20 Å². The van der Waals surface area contributed by atoms with E-state index in [2.05, 4.69) is 20.3 Å². The fourth-order valence-electron chi connectivity index (χ4n) is 3.00. The highest BCUT2D eigenvalue weighted by molar-refractivity contribution is 5.79. The number of hydrogen-bond donors (Lipinski definition) is 2. The second-order valence-corrected chi connectivity index (χ2v) is 5.81. The van der Waals surface area contributed by atoms with Crippen molar-refractivity contribution in [2.75, 3.05) is 6.61 Å². The van der Waals surface area contributed by atoms with Crippen LogP contribution in [-0.4, -0.2) is 27.5 Å². The molecular weight excluding hydrogens is 292 g/mol. The van der Waals surface area contributed by atoms with Crippen LogP contribution in [0, 0.1) is 12.8 Å². The van der Waals surface area contributed by atoms with Crippen molar-refractivity contribution < 1.29 is 9.53 Å². The molecule has 0 bridgehead atoms. The number of hydrogen-bond acceptors (Lipinski definition) is 4. The first kappa shape index (κ1) is 15.5. The third-order valence-electron chi connectivity index (χ3n) is 4.12. The average molecular weight is 314 g/mol. The molecule has 6 heteroatoms. The predicted octanol–water partition coefficient (Wildman–Crippen LogP) is 1.93. The molecule has 1 aliphatic rings. The average Bonchev–Trinajstić information content (AvgIpc) is 2.93. The maximum atomic E-state index is 12.5. The Kier molecular flexibility index (Phi) is 4.60. The Balaban J connectivity index is 1.60. The quantitative estimate of drug-likeness (QED) is 0.884. The van der Waals surface area contributed by atoms with Crippen LogP contribution in [0.4, 0.5) is 0 Å². The van der Waals surface area contributed by atoms with Crippen LogP contribution < -0.4 is 10.1 Å². The summed E-state index contributed by atoms with van der Waals surface area (Å²) >= 11 is 0. The summed E-state index contributed by atoms with van der Waals surface area (Å²) in [5, 5.41) is 3.01. The standard InChI is InChI=1S/C17H22N4O2/c1-3-23-17-13(5-4-8-18-17)10-19-16(22)12-6-7-14-15(9-12)21-11(2)20-14/h4-5,8,12H,3,6-7,9-10H2,1-2H3,(H,19,22)(H,20,21)/t12-/m0/s1. The molecule has 2 heterocycles. The largest absolute Gasteiger partial charge is 0.478 e. The summed E-state index contributed by atoms with van der Waals surface area (Å²) < 4.78 is 5.49. The minimum atomic E-state index is -0.00503. The fraction of sp³-hybridized carbons (Fsp3) is 0.471. The van der Waals surface area contributed by atoms with Crippen molar-refractivity contribution in [1.29, 1.82) is 0 Å². The SMILES string of the molecule is CCOc1ncccc1CNC(=O)[C@H]1CCc2nc(C)[nH]c2C1. The van der Waals surface area contributed by atoms with Gasteiger partial charge in [0.1, 0.15) is 5.82 Å². The molecule has 122 valence electrons. The molecule has 0 saturated carbocycles. The van der Waals surface area contributed by atoms with Crippen LogP contribution >= 0.6 is 0 Å². The van der Waals surface area contributed by atoms with Crippen LogP contribution in [0.5, 0.6) is 5.88 Å². The first-order valence-corrected chi connectivity index (χ1v) is 8.06. The third kappa shape index (κ3) is 3.52. The Bertz CT molecular complexity index is 696. The van der Waals surface area contributed by atoms with Crippen LogP contribution in [0.15, 0.2) is 18.3 Å². The molecule has 3 rings (SSSR count). The third-order valence-corrected chi connectivity index (χ3v) is 4.12. The van der Waals surface area contributed by atoms with Crippen LogP contribution in [0.1, 0.15) is 36.1 Å². The van der Waals surface area contributed by atoms with E-state index in [-0.39, 0.29) is 11.8 Å². The number of fused-ring (bicyclic) bond motifs is 1. The molecule has 1 aliphatic carbocycles. The number of rotatable bonds is 5. The highest BCUT2D eigenvalue weighted by Gasteiger charge is 2.26. The molecule has 0 aromatic carbocycles. The van der Waals surface area contributed by atoms with Gasteiger partial charge in [0.25, 0.3) is 0 Å². The van der Waals surface area contributed by atoms with E-state index in [1.165, 1.54) is 0 Å². The summed E-state index contributed by atoms with van der Waals surface area (Å²) in [6.07, 6.45) is 4.12. The van der Waals surface area contributed by atoms with Gasteiger partial charge in [-0.3, -0.25) is 4.79 Å². The number of carbonyl (C=O) groups is 1. The molecule has 0 unspecified atom stereocenters. The number of ether oxygens (including phenoxy) is 1. The minimum absolute atomic E-state index is 0.00503. The molecule has 2 N–H and O–H groups in total. The predicted molar refractivity (Wildman–Crippen MR) is 86.1 cm³/mol. The molecule has 2 aromatic heterocycles. The number of carbonyl (C=O) groups excluding carboxylic acids is 1. The van der Waals surface area contributed by atoms with Crippen molar-refractivity contribution in [2.45, 2.75) is 39.7 Å². The molecule has 23 heavy (non-hydrogen) atoms. The lowest BCUT2D eigenvalue weighted by atomic mass is 9.89. The topological polar surface area (TPSA) is 79.9 Å². The van der Waals surface area contributed by atoms with E-state index < -0.39 is 0 Å². The second kappa shape index (κ2) is 6.81. The number of amides is 1. The van der Waals surface area contributed by atoms with E-state index in [9.17, 15) is 4.79 Å². The Morgan fingerprint density at radius 1 is 1.52 bits per heavy atom. The van der Waals surface area contributed by atoms with Gasteiger partial charge in [-0.1, -0.05) is 6.07 Å². The lowest BCUT2D eigenvalue weighted by Crippen LogP contribution is -2.33. The Hall–Kier alpha value is -2.37. The van der Waals surface area contributed by atoms with Crippen molar-refractivity contribution in [3.8, 4) is 5.88 Å². The summed E-state index contributed by atoms with van der Waals surface area (Å²) in [4.78, 5) is 24.4. The number of nitrogens with one attached hydrogen (secondary N) is 2. The van der Waals surface area contributed by atoms with Gasteiger partial charge in [0.05, 0.1) is 12.3 Å². The Morgan fingerprint density at radius 3 is 3.22 bits per heavy atom. The highest BCUT2D eigenvalue weighted by atomic mass is 16.5. The summed E-state index contributed by atoms with van der Waals surface area (Å²) in [6, 6.07) is 3.78. The zero-order valence-electron chi connectivity index (χ0n) is 13.6. The zero-order valence-corrected chi connectivity index (χ0v) is 13.6.